The molecule has 0 unspecified atom stereocenters. The molecule has 4 N–H and O–H groups in total. The van der Waals surface area contributed by atoms with E-state index in [0.717, 1.165) is 5.65 Å². The van der Waals surface area contributed by atoms with E-state index in [0.29, 0.717) is 0 Å². The third-order valence-corrected chi connectivity index (χ3v) is 3.05. The maximum atomic E-state index is 2.25. The lowest BCUT2D eigenvalue weighted by Crippen LogP contribution is -2.15. The second-order valence-corrected chi connectivity index (χ2v) is 4.33. The van der Waals surface area contributed by atoms with Gasteiger partial charge in [0.05, 0.1) is 0 Å². The van der Waals surface area contributed by atoms with Crippen LogP contribution in [0.15, 0.2) is 65.6 Å². The lowest BCUT2D eigenvalue weighted by Gasteiger charge is -2.00. The summed E-state index contributed by atoms with van der Waals surface area (Å²) in [5.41, 5.74) is 2.31. The van der Waals surface area contributed by atoms with Gasteiger partial charge in [0.25, 0.3) is 0 Å². The fourth-order valence-corrected chi connectivity index (χ4v) is 2.16. The summed E-state index contributed by atoms with van der Waals surface area (Å²) in [5, 5.41) is 0. The molecule has 0 amide bonds. The Hall–Kier alpha value is -1.23. The van der Waals surface area contributed by atoms with Crippen molar-refractivity contribution < 1.29 is 11.0 Å². The van der Waals surface area contributed by atoms with Crippen LogP contribution in [0.5, 0.6) is 0 Å². The summed E-state index contributed by atoms with van der Waals surface area (Å²) < 4.78 is 0. The topological polar surface area (TPSA) is 63.0 Å². The van der Waals surface area contributed by atoms with Crippen molar-refractivity contribution in [3.63, 3.8) is 0 Å². The van der Waals surface area contributed by atoms with E-state index < -0.39 is 0 Å². The molecule has 0 aliphatic rings. The second-order valence-electron chi connectivity index (χ2n) is 3.24. The van der Waals surface area contributed by atoms with Crippen molar-refractivity contribution in [2.75, 3.05) is 5.65 Å². The van der Waals surface area contributed by atoms with Gasteiger partial charge in [0.1, 0.15) is 0 Å². The number of rotatable bonds is 4. The van der Waals surface area contributed by atoms with E-state index in [4.69, 9.17) is 0 Å². The molecule has 4 heteroatoms. The molecule has 0 fully saturated rings. The lowest BCUT2D eigenvalue weighted by molar-refractivity contribution is 0.823. The predicted molar refractivity (Wildman–Crippen MR) is 76.2 cm³/mol. The van der Waals surface area contributed by atoms with Crippen molar-refractivity contribution in [2.24, 2.45) is 0 Å². The number of hydrogen-bond donors (Lipinski definition) is 0. The summed E-state index contributed by atoms with van der Waals surface area (Å²) in [7, 11) is 2.25. The van der Waals surface area contributed by atoms with Crippen LogP contribution in [0.2, 0.25) is 0 Å². The van der Waals surface area contributed by atoms with E-state index in [9.17, 15) is 0 Å². The first kappa shape index (κ1) is 15.8. The Morgan fingerprint density at radius 3 is 1.88 bits per heavy atom. The van der Waals surface area contributed by atoms with Gasteiger partial charge in [-0.25, -0.2) is 0 Å². The average Bonchev–Trinajstić information content (AvgIpc) is 2.32. The zero-order valence-corrected chi connectivity index (χ0v) is 10.3. The summed E-state index contributed by atoms with van der Waals surface area (Å²) >= 11 is 1.86. The summed E-state index contributed by atoms with van der Waals surface area (Å²) in [5.74, 6) is 0. The quantitative estimate of drug-likeness (QED) is 0.589. The standard InChI is InChI=1S/C13H12BS.2H2O/c1-3-7-12(8-4-1)14-11-15-13-9-5-2-6-10-13;;/h1-10H,11H2;2*1H2. The molecule has 17 heavy (non-hydrogen) atoms. The minimum Gasteiger partial charge on any atom is -0.412 e. The van der Waals surface area contributed by atoms with Crippen molar-refractivity contribution >= 4 is 24.5 Å². The molecule has 2 aromatic carbocycles. The molecule has 0 bridgehead atoms. The zero-order chi connectivity index (χ0) is 10.3. The van der Waals surface area contributed by atoms with Gasteiger partial charge in [-0.15, -0.1) is 11.8 Å². The highest BCUT2D eigenvalue weighted by molar-refractivity contribution is 8.00. The monoisotopic (exact) mass is 247 g/mol. The molecule has 0 aliphatic carbocycles. The van der Waals surface area contributed by atoms with E-state index in [1.165, 1.54) is 10.4 Å². The molecule has 89 valence electrons. The van der Waals surface area contributed by atoms with E-state index in [1.54, 1.807) is 0 Å². The molecule has 2 nitrogen and oxygen atoms in total. The van der Waals surface area contributed by atoms with Gasteiger partial charge in [-0.3, -0.25) is 0 Å². The Morgan fingerprint density at radius 1 is 0.765 bits per heavy atom. The van der Waals surface area contributed by atoms with Gasteiger partial charge < -0.3 is 11.0 Å². The number of hydrogen-bond acceptors (Lipinski definition) is 1. The Kier molecular flexibility index (Phi) is 8.23. The Labute approximate surface area is 107 Å². The average molecular weight is 247 g/mol. The van der Waals surface area contributed by atoms with Crippen molar-refractivity contribution in [1.29, 1.82) is 0 Å². The van der Waals surface area contributed by atoms with Gasteiger partial charge >= 0.3 is 0 Å². The van der Waals surface area contributed by atoms with Crippen LogP contribution >= 0.6 is 11.8 Å². The maximum absolute atomic E-state index is 2.25. The fourth-order valence-electron chi connectivity index (χ4n) is 1.34. The summed E-state index contributed by atoms with van der Waals surface area (Å²) in [6.07, 6.45) is 0. The molecule has 0 aromatic heterocycles. The number of benzene rings is 2. The highest BCUT2D eigenvalue weighted by Gasteiger charge is 1.96. The van der Waals surface area contributed by atoms with Gasteiger partial charge in [0.15, 0.2) is 7.28 Å². The van der Waals surface area contributed by atoms with Crippen LogP contribution in [0.25, 0.3) is 0 Å². The van der Waals surface area contributed by atoms with E-state index in [-0.39, 0.29) is 11.0 Å². The lowest BCUT2D eigenvalue weighted by atomic mass is 9.73. The van der Waals surface area contributed by atoms with Crippen LogP contribution in [-0.2, 0) is 0 Å². The Bertz CT molecular complexity index is 355. The molecule has 0 aliphatic heterocycles. The summed E-state index contributed by atoms with van der Waals surface area (Å²) in [6.45, 7) is 0. The summed E-state index contributed by atoms with van der Waals surface area (Å²) in [4.78, 5) is 1.32. The Morgan fingerprint density at radius 2 is 1.29 bits per heavy atom. The highest BCUT2D eigenvalue weighted by Crippen LogP contribution is 2.15. The van der Waals surface area contributed by atoms with Crippen molar-refractivity contribution in [2.45, 2.75) is 4.90 Å². The minimum atomic E-state index is 0. The van der Waals surface area contributed by atoms with Crippen molar-refractivity contribution in [1.82, 2.24) is 0 Å². The van der Waals surface area contributed by atoms with Crippen molar-refractivity contribution in [3.8, 4) is 0 Å². The first-order chi connectivity index (χ1) is 7.45. The van der Waals surface area contributed by atoms with Crippen LogP contribution in [0.1, 0.15) is 0 Å². The molecule has 0 heterocycles. The van der Waals surface area contributed by atoms with Crippen LogP contribution in [0.3, 0.4) is 0 Å². The third-order valence-electron chi connectivity index (χ3n) is 2.11. The first-order valence-corrected chi connectivity index (χ1v) is 6.00. The van der Waals surface area contributed by atoms with Gasteiger partial charge in [-0.2, -0.15) is 0 Å². The van der Waals surface area contributed by atoms with E-state index >= 15 is 0 Å². The van der Waals surface area contributed by atoms with Gasteiger partial charge in [-0.1, -0.05) is 54.0 Å². The normalized spacial score (nSPS) is 8.71. The highest BCUT2D eigenvalue weighted by atomic mass is 32.2. The molecule has 1 radical (unpaired) electrons. The minimum absolute atomic E-state index is 0. The largest absolute Gasteiger partial charge is 0.412 e. The molecular weight excluding hydrogens is 231 g/mol. The zero-order valence-electron chi connectivity index (χ0n) is 9.47. The van der Waals surface area contributed by atoms with Crippen LogP contribution in [-0.4, -0.2) is 23.9 Å². The van der Waals surface area contributed by atoms with Crippen LogP contribution in [0, 0.1) is 0 Å². The molecule has 2 aromatic rings. The molecule has 0 saturated carbocycles. The van der Waals surface area contributed by atoms with Crippen LogP contribution < -0.4 is 5.46 Å². The van der Waals surface area contributed by atoms with Gasteiger partial charge in [-0.05, 0) is 17.8 Å². The van der Waals surface area contributed by atoms with Crippen molar-refractivity contribution in [3.05, 3.63) is 60.7 Å². The second kappa shape index (κ2) is 8.87. The maximum Gasteiger partial charge on any atom is 0.164 e. The smallest absolute Gasteiger partial charge is 0.164 e. The SMILES string of the molecule is O.O.[B](CSc1ccccc1)c1ccccc1. The van der Waals surface area contributed by atoms with E-state index in [2.05, 4.69) is 55.8 Å². The Balaban J connectivity index is 0.00000128. The molecule has 0 atom stereocenters. The molecule has 2 rings (SSSR count). The third kappa shape index (κ3) is 5.59. The molecule has 0 spiro atoms. The number of thioether (sulfide) groups is 1. The van der Waals surface area contributed by atoms with E-state index in [1.807, 2.05) is 23.9 Å². The molecule has 0 saturated heterocycles. The van der Waals surface area contributed by atoms with Crippen LogP contribution in [0.4, 0.5) is 0 Å². The molecular formula is C13H16BO2S. The first-order valence-electron chi connectivity index (χ1n) is 5.01. The predicted octanol–water partition coefficient (Wildman–Crippen LogP) is 1.12. The van der Waals surface area contributed by atoms with Gasteiger partial charge in [0, 0.05) is 4.90 Å². The summed E-state index contributed by atoms with van der Waals surface area (Å²) in [6, 6.07) is 20.9. The van der Waals surface area contributed by atoms with Gasteiger partial charge in [0.2, 0.25) is 0 Å². The fraction of sp³-hybridized carbons (Fsp3) is 0.0769.